The Labute approximate surface area is 98.0 Å². The second-order valence-electron chi connectivity index (χ2n) is 4.35. The molecule has 2 nitrogen and oxygen atoms in total. The molecule has 0 aromatic heterocycles. The van der Waals surface area contributed by atoms with Crippen LogP contribution >= 0.6 is 0 Å². The third-order valence-electron chi connectivity index (χ3n) is 3.39. The maximum Gasteiger partial charge on any atom is 0.0769 e. The van der Waals surface area contributed by atoms with E-state index in [1.807, 2.05) is 7.05 Å². The van der Waals surface area contributed by atoms with Crippen molar-refractivity contribution >= 4 is 0 Å². The predicted molar refractivity (Wildman–Crippen MR) is 66.6 cm³/mol. The molecule has 0 bridgehead atoms. The molecule has 2 atom stereocenters. The highest BCUT2D eigenvalue weighted by atomic mass is 16.5. The molecule has 0 spiro atoms. The fourth-order valence-electron chi connectivity index (χ4n) is 2.66. The summed E-state index contributed by atoms with van der Waals surface area (Å²) in [4.78, 5) is 0. The van der Waals surface area contributed by atoms with Crippen LogP contribution in [0, 0.1) is 0 Å². The van der Waals surface area contributed by atoms with Gasteiger partial charge in [0, 0.05) is 6.61 Å². The Morgan fingerprint density at radius 3 is 2.94 bits per heavy atom. The van der Waals surface area contributed by atoms with Gasteiger partial charge in [0.15, 0.2) is 0 Å². The summed E-state index contributed by atoms with van der Waals surface area (Å²) in [5, 5.41) is 3.41. The molecule has 16 heavy (non-hydrogen) atoms. The lowest BCUT2D eigenvalue weighted by Gasteiger charge is -2.26. The van der Waals surface area contributed by atoms with Gasteiger partial charge < -0.3 is 10.1 Å². The predicted octanol–water partition coefficient (Wildman–Crippen LogP) is 2.69. The number of likely N-dealkylation sites (N-methyl/N-ethyl adjacent to an activating group) is 1. The number of hydrogen-bond acceptors (Lipinski definition) is 2. The molecule has 2 unspecified atom stereocenters. The summed E-state index contributed by atoms with van der Waals surface area (Å²) in [6.07, 6.45) is 3.87. The smallest absolute Gasteiger partial charge is 0.0769 e. The summed E-state index contributed by atoms with van der Waals surface area (Å²) in [5.74, 6) is 0. The van der Waals surface area contributed by atoms with Gasteiger partial charge in [-0.3, -0.25) is 0 Å². The van der Waals surface area contributed by atoms with Crippen molar-refractivity contribution in [2.45, 2.75) is 38.3 Å². The van der Waals surface area contributed by atoms with E-state index in [0.29, 0.717) is 12.1 Å². The third-order valence-corrected chi connectivity index (χ3v) is 3.39. The van der Waals surface area contributed by atoms with Crippen molar-refractivity contribution < 1.29 is 4.74 Å². The zero-order chi connectivity index (χ0) is 11.4. The van der Waals surface area contributed by atoms with Crippen LogP contribution in [0.1, 0.15) is 36.9 Å². The van der Waals surface area contributed by atoms with Crippen LogP contribution in [0.4, 0.5) is 0 Å². The van der Waals surface area contributed by atoms with Crippen LogP contribution in [0.5, 0.6) is 0 Å². The summed E-state index contributed by atoms with van der Waals surface area (Å²) in [7, 11) is 2.03. The fraction of sp³-hybridized carbons (Fsp3) is 0.571. The number of ether oxygens (including phenoxy) is 1. The molecule has 1 aliphatic carbocycles. The molecule has 0 amide bonds. The number of rotatable bonds is 3. The van der Waals surface area contributed by atoms with Crippen LogP contribution in [0.3, 0.4) is 0 Å². The first kappa shape index (κ1) is 11.6. The minimum Gasteiger partial charge on any atom is -0.377 e. The highest BCUT2D eigenvalue weighted by Crippen LogP contribution is 2.30. The Morgan fingerprint density at radius 1 is 1.38 bits per heavy atom. The van der Waals surface area contributed by atoms with Gasteiger partial charge in [-0.05, 0) is 44.4 Å². The summed E-state index contributed by atoms with van der Waals surface area (Å²) in [5.41, 5.74) is 2.89. The number of benzene rings is 1. The molecule has 1 aliphatic rings. The average molecular weight is 219 g/mol. The molecule has 1 N–H and O–H groups in total. The van der Waals surface area contributed by atoms with E-state index < -0.39 is 0 Å². The second-order valence-corrected chi connectivity index (χ2v) is 4.35. The van der Waals surface area contributed by atoms with Gasteiger partial charge in [0.2, 0.25) is 0 Å². The molecule has 2 rings (SSSR count). The first-order chi connectivity index (χ1) is 7.86. The van der Waals surface area contributed by atoms with E-state index in [9.17, 15) is 0 Å². The number of nitrogens with one attached hydrogen (secondary N) is 1. The van der Waals surface area contributed by atoms with Gasteiger partial charge in [0.05, 0.1) is 12.1 Å². The van der Waals surface area contributed by atoms with Crippen LogP contribution in [0.25, 0.3) is 0 Å². The Kier molecular flexibility index (Phi) is 3.97. The molecule has 0 fully saturated rings. The zero-order valence-electron chi connectivity index (χ0n) is 10.2. The van der Waals surface area contributed by atoms with Gasteiger partial charge in [-0.1, -0.05) is 24.3 Å². The molecule has 1 aromatic rings. The van der Waals surface area contributed by atoms with Crippen LogP contribution in [-0.2, 0) is 11.2 Å². The minimum absolute atomic E-state index is 0.318. The zero-order valence-corrected chi connectivity index (χ0v) is 10.2. The Hall–Kier alpha value is -0.860. The maximum absolute atomic E-state index is 5.86. The topological polar surface area (TPSA) is 21.3 Å². The van der Waals surface area contributed by atoms with Gasteiger partial charge in [-0.15, -0.1) is 0 Å². The molecule has 0 saturated heterocycles. The minimum atomic E-state index is 0.318. The van der Waals surface area contributed by atoms with Crippen LogP contribution in [0.2, 0.25) is 0 Å². The van der Waals surface area contributed by atoms with Crippen molar-refractivity contribution in [3.05, 3.63) is 35.4 Å². The van der Waals surface area contributed by atoms with Gasteiger partial charge in [-0.25, -0.2) is 0 Å². The largest absolute Gasteiger partial charge is 0.377 e. The number of fused-ring (bicyclic) bond motifs is 1. The van der Waals surface area contributed by atoms with Crippen molar-refractivity contribution in [1.29, 1.82) is 0 Å². The lowest BCUT2D eigenvalue weighted by atomic mass is 9.98. The van der Waals surface area contributed by atoms with Crippen molar-refractivity contribution in [3.8, 4) is 0 Å². The van der Waals surface area contributed by atoms with E-state index in [1.165, 1.54) is 24.0 Å². The maximum atomic E-state index is 5.86. The summed E-state index contributed by atoms with van der Waals surface area (Å²) < 4.78 is 5.86. The number of aryl methyl sites for hydroxylation is 1. The average Bonchev–Trinajstić information content (AvgIpc) is 2.48. The molecular formula is C14H21NO. The summed E-state index contributed by atoms with van der Waals surface area (Å²) >= 11 is 0. The van der Waals surface area contributed by atoms with E-state index in [-0.39, 0.29) is 0 Å². The van der Waals surface area contributed by atoms with Crippen LogP contribution < -0.4 is 5.32 Å². The van der Waals surface area contributed by atoms with E-state index >= 15 is 0 Å². The number of hydrogen-bond donors (Lipinski definition) is 1. The third kappa shape index (κ3) is 2.28. The lowest BCUT2D eigenvalue weighted by Crippen LogP contribution is -2.31. The van der Waals surface area contributed by atoms with Crippen LogP contribution in [0.15, 0.2) is 24.3 Å². The molecule has 88 valence electrons. The first-order valence-electron chi connectivity index (χ1n) is 6.23. The monoisotopic (exact) mass is 219 g/mol. The highest BCUT2D eigenvalue weighted by molar-refractivity contribution is 5.32. The Bertz CT molecular complexity index is 337. The normalized spacial score (nSPS) is 24.9. The van der Waals surface area contributed by atoms with E-state index in [0.717, 1.165) is 13.0 Å². The molecule has 0 aliphatic heterocycles. The second kappa shape index (κ2) is 5.46. The lowest BCUT2D eigenvalue weighted by molar-refractivity contribution is 0.0309. The molecule has 0 saturated carbocycles. The van der Waals surface area contributed by atoms with E-state index in [4.69, 9.17) is 4.74 Å². The van der Waals surface area contributed by atoms with Crippen molar-refractivity contribution in [3.63, 3.8) is 0 Å². The summed E-state index contributed by atoms with van der Waals surface area (Å²) in [6.45, 7) is 2.87. The molecule has 2 heteroatoms. The highest BCUT2D eigenvalue weighted by Gasteiger charge is 2.26. The van der Waals surface area contributed by atoms with Gasteiger partial charge in [0.25, 0.3) is 0 Å². The van der Waals surface area contributed by atoms with E-state index in [1.54, 1.807) is 0 Å². The summed E-state index contributed by atoms with van der Waals surface area (Å²) in [6, 6.07) is 9.07. The van der Waals surface area contributed by atoms with Gasteiger partial charge in [0.1, 0.15) is 0 Å². The SMILES string of the molecule is CCOC1CCCc2ccccc2C1NC. The van der Waals surface area contributed by atoms with Crippen LogP contribution in [-0.4, -0.2) is 19.8 Å². The molecular weight excluding hydrogens is 198 g/mol. The van der Waals surface area contributed by atoms with Crippen molar-refractivity contribution in [2.24, 2.45) is 0 Å². The van der Waals surface area contributed by atoms with E-state index in [2.05, 4.69) is 36.5 Å². The van der Waals surface area contributed by atoms with Crippen molar-refractivity contribution in [2.75, 3.05) is 13.7 Å². The quantitative estimate of drug-likeness (QED) is 0.789. The molecule has 0 radical (unpaired) electrons. The Balaban J connectivity index is 2.30. The molecule has 0 heterocycles. The standard InChI is InChI=1S/C14H21NO/c1-3-16-13-10-6-8-11-7-4-5-9-12(11)14(13)15-2/h4-5,7,9,13-15H,3,6,8,10H2,1-2H3. The van der Waals surface area contributed by atoms with Crippen molar-refractivity contribution in [1.82, 2.24) is 5.32 Å². The van der Waals surface area contributed by atoms with Gasteiger partial charge in [-0.2, -0.15) is 0 Å². The fourth-order valence-corrected chi connectivity index (χ4v) is 2.66. The molecule has 1 aromatic carbocycles. The first-order valence-corrected chi connectivity index (χ1v) is 6.23. The Morgan fingerprint density at radius 2 is 2.19 bits per heavy atom. The van der Waals surface area contributed by atoms with Gasteiger partial charge >= 0.3 is 0 Å².